The minimum Gasteiger partial charge on any atom is -0.494 e. The third kappa shape index (κ3) is 3.45. The molecule has 0 aliphatic carbocycles. The lowest BCUT2D eigenvalue weighted by molar-refractivity contribution is 0.317. The fourth-order valence-corrected chi connectivity index (χ4v) is 2.20. The van der Waals surface area contributed by atoms with E-state index in [1.807, 2.05) is 38.2 Å². The predicted octanol–water partition coefficient (Wildman–Crippen LogP) is 3.78. The summed E-state index contributed by atoms with van der Waals surface area (Å²) in [6.45, 7) is 5.46. The summed E-state index contributed by atoms with van der Waals surface area (Å²) in [5.74, 6) is 0.896. The summed E-state index contributed by atoms with van der Waals surface area (Å²) in [6, 6.07) is 7.95. The number of anilines is 1. The lowest BCUT2D eigenvalue weighted by Crippen LogP contribution is -2.01. The topological polar surface area (TPSA) is 39.1 Å². The molecule has 0 radical (unpaired) electrons. The van der Waals surface area contributed by atoms with Crippen molar-refractivity contribution in [2.24, 2.45) is 7.05 Å². The zero-order chi connectivity index (χ0) is 14.5. The van der Waals surface area contributed by atoms with Gasteiger partial charge >= 0.3 is 0 Å². The molecule has 0 saturated heterocycles. The molecule has 108 valence electrons. The van der Waals surface area contributed by atoms with Crippen molar-refractivity contribution in [2.75, 3.05) is 11.9 Å². The third-order valence-electron chi connectivity index (χ3n) is 3.07. The van der Waals surface area contributed by atoms with Crippen LogP contribution in [0.3, 0.4) is 0 Å². The summed E-state index contributed by atoms with van der Waals surface area (Å²) < 4.78 is 7.24. The van der Waals surface area contributed by atoms with Gasteiger partial charge in [-0.1, -0.05) is 18.5 Å². The maximum atomic E-state index is 6.20. The van der Waals surface area contributed by atoms with Crippen LogP contribution < -0.4 is 10.1 Å². The predicted molar refractivity (Wildman–Crippen MR) is 82.5 cm³/mol. The van der Waals surface area contributed by atoms with E-state index in [1.165, 1.54) is 0 Å². The average molecular weight is 294 g/mol. The van der Waals surface area contributed by atoms with Crippen LogP contribution in [0.15, 0.2) is 24.3 Å². The van der Waals surface area contributed by atoms with Gasteiger partial charge < -0.3 is 10.1 Å². The molecule has 0 unspecified atom stereocenters. The highest BCUT2D eigenvalue weighted by molar-refractivity contribution is 6.30. The van der Waals surface area contributed by atoms with Crippen LogP contribution in [0.2, 0.25) is 5.15 Å². The molecule has 1 heterocycles. The Kier molecular flexibility index (Phi) is 4.90. The second-order valence-electron chi connectivity index (χ2n) is 4.70. The summed E-state index contributed by atoms with van der Waals surface area (Å²) in [4.78, 5) is 0. The van der Waals surface area contributed by atoms with E-state index < -0.39 is 0 Å². The molecule has 1 aromatic carbocycles. The number of hydrogen-bond acceptors (Lipinski definition) is 3. The Morgan fingerprint density at radius 3 is 2.55 bits per heavy atom. The minimum absolute atomic E-state index is 0.660. The fourth-order valence-electron chi connectivity index (χ4n) is 1.95. The molecule has 0 aliphatic rings. The van der Waals surface area contributed by atoms with Crippen LogP contribution in [0, 0.1) is 6.92 Å². The second kappa shape index (κ2) is 6.66. The summed E-state index contributed by atoms with van der Waals surface area (Å²) >= 11 is 6.20. The van der Waals surface area contributed by atoms with Crippen molar-refractivity contribution in [3.63, 3.8) is 0 Å². The molecule has 20 heavy (non-hydrogen) atoms. The highest BCUT2D eigenvalue weighted by atomic mass is 35.5. The van der Waals surface area contributed by atoms with Crippen LogP contribution in [0.4, 0.5) is 5.69 Å². The number of hydrogen-bond donors (Lipinski definition) is 1. The van der Waals surface area contributed by atoms with Gasteiger partial charge in [-0.3, -0.25) is 4.68 Å². The SMILES string of the molecule is CCCOc1ccc(NCc2c(C)nn(C)c2Cl)cc1. The molecule has 5 heteroatoms. The molecule has 0 fully saturated rings. The molecule has 1 aromatic heterocycles. The first kappa shape index (κ1) is 14.7. The summed E-state index contributed by atoms with van der Waals surface area (Å²) in [7, 11) is 1.85. The van der Waals surface area contributed by atoms with Crippen molar-refractivity contribution in [1.29, 1.82) is 0 Å². The van der Waals surface area contributed by atoms with Gasteiger partial charge in [0.2, 0.25) is 0 Å². The molecule has 4 nitrogen and oxygen atoms in total. The van der Waals surface area contributed by atoms with Crippen molar-refractivity contribution < 1.29 is 4.74 Å². The van der Waals surface area contributed by atoms with E-state index in [1.54, 1.807) is 4.68 Å². The standard InChI is InChI=1S/C15H20ClN3O/c1-4-9-20-13-7-5-12(6-8-13)17-10-14-11(2)18-19(3)15(14)16/h5-8,17H,4,9-10H2,1-3H3. The molecule has 0 saturated carbocycles. The van der Waals surface area contributed by atoms with E-state index in [0.717, 1.165) is 35.7 Å². The van der Waals surface area contributed by atoms with Gasteiger partial charge in [-0.05, 0) is 37.6 Å². The molecule has 0 spiro atoms. The number of nitrogens with one attached hydrogen (secondary N) is 1. The largest absolute Gasteiger partial charge is 0.494 e. The van der Waals surface area contributed by atoms with Gasteiger partial charge in [0.25, 0.3) is 0 Å². The molecule has 0 amide bonds. The molecule has 0 aliphatic heterocycles. The first-order valence-electron chi connectivity index (χ1n) is 6.76. The van der Waals surface area contributed by atoms with Crippen LogP contribution in [0.5, 0.6) is 5.75 Å². The highest BCUT2D eigenvalue weighted by Gasteiger charge is 2.10. The molecular weight excluding hydrogens is 274 g/mol. The Morgan fingerprint density at radius 1 is 1.30 bits per heavy atom. The van der Waals surface area contributed by atoms with E-state index in [9.17, 15) is 0 Å². The summed E-state index contributed by atoms with van der Waals surface area (Å²) in [5.41, 5.74) is 3.02. The minimum atomic E-state index is 0.660. The Labute approximate surface area is 124 Å². The Hall–Kier alpha value is -1.68. The van der Waals surface area contributed by atoms with Crippen LogP contribution in [0.1, 0.15) is 24.6 Å². The van der Waals surface area contributed by atoms with Crippen LogP contribution in [-0.4, -0.2) is 16.4 Å². The molecule has 2 rings (SSSR count). The first-order valence-corrected chi connectivity index (χ1v) is 7.14. The van der Waals surface area contributed by atoms with Gasteiger partial charge in [0.1, 0.15) is 10.9 Å². The maximum absolute atomic E-state index is 6.20. The molecular formula is C15H20ClN3O. The maximum Gasteiger partial charge on any atom is 0.131 e. The summed E-state index contributed by atoms with van der Waals surface area (Å²) in [5, 5.41) is 8.32. The first-order chi connectivity index (χ1) is 9.61. The van der Waals surface area contributed by atoms with E-state index in [0.29, 0.717) is 11.7 Å². The number of benzene rings is 1. The normalized spacial score (nSPS) is 10.6. The lowest BCUT2D eigenvalue weighted by Gasteiger charge is -2.08. The fraction of sp³-hybridized carbons (Fsp3) is 0.400. The number of nitrogens with zero attached hydrogens (tertiary/aromatic N) is 2. The van der Waals surface area contributed by atoms with Crippen molar-refractivity contribution in [3.05, 3.63) is 40.7 Å². The molecule has 2 aromatic rings. The number of aryl methyl sites for hydroxylation is 2. The van der Waals surface area contributed by atoms with Crippen molar-refractivity contribution >= 4 is 17.3 Å². The number of ether oxygens (including phenoxy) is 1. The van der Waals surface area contributed by atoms with Crippen LogP contribution in [-0.2, 0) is 13.6 Å². The zero-order valence-corrected chi connectivity index (χ0v) is 12.9. The van der Waals surface area contributed by atoms with Crippen molar-refractivity contribution in [3.8, 4) is 5.75 Å². The van der Waals surface area contributed by atoms with Crippen molar-refractivity contribution in [1.82, 2.24) is 9.78 Å². The molecule has 1 N–H and O–H groups in total. The number of halogens is 1. The van der Waals surface area contributed by atoms with E-state index in [-0.39, 0.29) is 0 Å². The zero-order valence-electron chi connectivity index (χ0n) is 12.1. The van der Waals surface area contributed by atoms with Crippen LogP contribution in [0.25, 0.3) is 0 Å². The number of rotatable bonds is 6. The van der Waals surface area contributed by atoms with Gasteiger partial charge in [-0.15, -0.1) is 0 Å². The molecule has 0 bridgehead atoms. The third-order valence-corrected chi connectivity index (χ3v) is 3.54. The van der Waals surface area contributed by atoms with Gasteiger partial charge in [0.15, 0.2) is 0 Å². The second-order valence-corrected chi connectivity index (χ2v) is 5.06. The van der Waals surface area contributed by atoms with Gasteiger partial charge in [-0.2, -0.15) is 5.10 Å². The number of aromatic nitrogens is 2. The highest BCUT2D eigenvalue weighted by Crippen LogP contribution is 2.21. The Bertz CT molecular complexity index is 563. The lowest BCUT2D eigenvalue weighted by atomic mass is 10.2. The van der Waals surface area contributed by atoms with Gasteiger partial charge in [0.05, 0.1) is 12.3 Å². The quantitative estimate of drug-likeness (QED) is 0.881. The van der Waals surface area contributed by atoms with Gasteiger partial charge in [0, 0.05) is 24.8 Å². The van der Waals surface area contributed by atoms with E-state index in [4.69, 9.17) is 16.3 Å². The Balaban J connectivity index is 1.97. The van der Waals surface area contributed by atoms with E-state index >= 15 is 0 Å². The Morgan fingerprint density at radius 2 is 2.00 bits per heavy atom. The van der Waals surface area contributed by atoms with Crippen LogP contribution >= 0.6 is 11.6 Å². The van der Waals surface area contributed by atoms with E-state index in [2.05, 4.69) is 17.3 Å². The monoisotopic (exact) mass is 293 g/mol. The summed E-state index contributed by atoms with van der Waals surface area (Å²) in [6.07, 6.45) is 1.01. The van der Waals surface area contributed by atoms with Gasteiger partial charge in [-0.25, -0.2) is 0 Å². The smallest absolute Gasteiger partial charge is 0.131 e. The van der Waals surface area contributed by atoms with Crippen molar-refractivity contribution in [2.45, 2.75) is 26.8 Å². The average Bonchev–Trinajstić information content (AvgIpc) is 2.69. The molecule has 0 atom stereocenters.